The first-order valence-electron chi connectivity index (χ1n) is 6.07. The molecular formula is C12H17FN4O. The summed E-state index contributed by atoms with van der Waals surface area (Å²) in [6.07, 6.45) is 5.12. The summed E-state index contributed by atoms with van der Waals surface area (Å²) in [5.41, 5.74) is 0.423. The highest BCUT2D eigenvalue weighted by molar-refractivity contribution is 5.92. The highest BCUT2D eigenvalue weighted by Crippen LogP contribution is 2.22. The number of nitrogens with zero attached hydrogens (tertiary/aromatic N) is 4. The van der Waals surface area contributed by atoms with Gasteiger partial charge in [-0.05, 0) is 32.3 Å². The summed E-state index contributed by atoms with van der Waals surface area (Å²) in [5, 5.41) is 7.60. The van der Waals surface area contributed by atoms with Crippen LogP contribution in [0.1, 0.15) is 26.7 Å². The fraction of sp³-hybridized carbons (Fsp3) is 0.583. The third kappa shape index (κ3) is 2.57. The second-order valence-electron chi connectivity index (χ2n) is 4.73. The van der Waals surface area contributed by atoms with Crippen molar-refractivity contribution in [1.82, 2.24) is 19.9 Å². The van der Waals surface area contributed by atoms with E-state index in [-0.39, 0.29) is 6.04 Å². The number of carbonyl (C=O) groups excluding carboxylic acids is 1. The van der Waals surface area contributed by atoms with Gasteiger partial charge in [-0.3, -0.25) is 9.48 Å². The summed E-state index contributed by atoms with van der Waals surface area (Å²) in [6, 6.07) is 0.00398. The maximum absolute atomic E-state index is 13.7. The molecule has 0 aliphatic carbocycles. The molecule has 0 bridgehead atoms. The fourth-order valence-corrected chi connectivity index (χ4v) is 2.18. The van der Waals surface area contributed by atoms with Crippen molar-refractivity contribution in [1.29, 1.82) is 0 Å². The van der Waals surface area contributed by atoms with Crippen molar-refractivity contribution >= 4 is 5.91 Å². The lowest BCUT2D eigenvalue weighted by Gasteiger charge is -2.24. The standard InChI is InChI=1S/C12H17FN4O/c1-9(2)11(13)12(18)17-6-3-4-10(17)8-16-7-5-14-15-16/h5,7,10H,3-4,6,8H2,1-2H3/t10-/m0/s1. The normalized spacial score (nSPS) is 19.1. The van der Waals surface area contributed by atoms with E-state index in [0.717, 1.165) is 12.8 Å². The van der Waals surface area contributed by atoms with Crippen LogP contribution in [0, 0.1) is 0 Å². The molecule has 18 heavy (non-hydrogen) atoms. The van der Waals surface area contributed by atoms with Gasteiger partial charge in [0, 0.05) is 12.7 Å². The second-order valence-corrected chi connectivity index (χ2v) is 4.73. The van der Waals surface area contributed by atoms with Crippen molar-refractivity contribution in [2.75, 3.05) is 6.54 Å². The fourth-order valence-electron chi connectivity index (χ4n) is 2.18. The van der Waals surface area contributed by atoms with Gasteiger partial charge in [-0.15, -0.1) is 5.10 Å². The molecule has 0 saturated carbocycles. The lowest BCUT2D eigenvalue weighted by molar-refractivity contribution is -0.129. The number of carbonyl (C=O) groups is 1. The first kappa shape index (κ1) is 12.7. The molecule has 2 heterocycles. The van der Waals surface area contributed by atoms with Crippen molar-refractivity contribution in [2.45, 2.75) is 39.3 Å². The summed E-state index contributed by atoms with van der Waals surface area (Å²) in [7, 11) is 0. The van der Waals surface area contributed by atoms with Gasteiger partial charge in [0.15, 0.2) is 5.83 Å². The van der Waals surface area contributed by atoms with Crippen LogP contribution in [-0.2, 0) is 11.3 Å². The van der Waals surface area contributed by atoms with Gasteiger partial charge >= 0.3 is 0 Å². The Morgan fingerprint density at radius 3 is 2.89 bits per heavy atom. The molecular weight excluding hydrogens is 235 g/mol. The number of likely N-dealkylation sites (tertiary alicyclic amines) is 1. The molecule has 1 aliphatic heterocycles. The number of rotatable bonds is 3. The van der Waals surface area contributed by atoms with Crippen LogP contribution in [0.3, 0.4) is 0 Å². The zero-order valence-corrected chi connectivity index (χ0v) is 10.6. The lowest BCUT2D eigenvalue weighted by Crippen LogP contribution is -2.38. The van der Waals surface area contributed by atoms with Gasteiger partial charge in [0.1, 0.15) is 0 Å². The number of aromatic nitrogens is 3. The Bertz CT molecular complexity index is 451. The van der Waals surface area contributed by atoms with Gasteiger partial charge in [0.2, 0.25) is 0 Å². The highest BCUT2D eigenvalue weighted by Gasteiger charge is 2.31. The Balaban J connectivity index is 2.08. The molecule has 0 unspecified atom stereocenters. The number of hydrogen-bond acceptors (Lipinski definition) is 3. The minimum Gasteiger partial charge on any atom is -0.332 e. The Hall–Kier alpha value is -1.72. The zero-order valence-electron chi connectivity index (χ0n) is 10.6. The minimum absolute atomic E-state index is 0.00398. The minimum atomic E-state index is -0.638. The van der Waals surface area contributed by atoms with Crippen LogP contribution in [0.5, 0.6) is 0 Å². The largest absolute Gasteiger partial charge is 0.332 e. The van der Waals surface area contributed by atoms with Crippen molar-refractivity contribution in [3.05, 3.63) is 23.8 Å². The second kappa shape index (κ2) is 5.29. The van der Waals surface area contributed by atoms with E-state index in [0.29, 0.717) is 18.7 Å². The Kier molecular flexibility index (Phi) is 3.74. The van der Waals surface area contributed by atoms with E-state index in [9.17, 15) is 9.18 Å². The van der Waals surface area contributed by atoms with Crippen LogP contribution in [0.2, 0.25) is 0 Å². The molecule has 0 N–H and O–H groups in total. The van der Waals surface area contributed by atoms with Gasteiger partial charge in [-0.1, -0.05) is 5.21 Å². The third-order valence-corrected chi connectivity index (χ3v) is 3.13. The summed E-state index contributed by atoms with van der Waals surface area (Å²) in [5.74, 6) is -1.14. The van der Waals surface area contributed by atoms with Gasteiger partial charge < -0.3 is 4.90 Å². The highest BCUT2D eigenvalue weighted by atomic mass is 19.1. The molecule has 0 aromatic carbocycles. The Morgan fingerprint density at radius 2 is 2.28 bits per heavy atom. The quantitative estimate of drug-likeness (QED) is 0.767. The monoisotopic (exact) mass is 252 g/mol. The lowest BCUT2D eigenvalue weighted by atomic mass is 10.2. The number of halogens is 1. The first-order chi connectivity index (χ1) is 8.59. The molecule has 6 heteroatoms. The molecule has 1 amide bonds. The van der Waals surface area contributed by atoms with Gasteiger partial charge in [-0.25, -0.2) is 4.39 Å². The van der Waals surface area contributed by atoms with E-state index >= 15 is 0 Å². The summed E-state index contributed by atoms with van der Waals surface area (Å²) >= 11 is 0. The van der Waals surface area contributed by atoms with Crippen molar-refractivity contribution < 1.29 is 9.18 Å². The molecule has 1 saturated heterocycles. The van der Waals surface area contributed by atoms with Crippen LogP contribution in [0.25, 0.3) is 0 Å². The Labute approximate surface area is 105 Å². The summed E-state index contributed by atoms with van der Waals surface area (Å²) < 4.78 is 15.4. The van der Waals surface area contributed by atoms with Crippen LogP contribution in [0.15, 0.2) is 23.8 Å². The van der Waals surface area contributed by atoms with E-state index < -0.39 is 11.7 Å². The smallest absolute Gasteiger partial charge is 0.282 e. The van der Waals surface area contributed by atoms with E-state index in [2.05, 4.69) is 10.3 Å². The average Bonchev–Trinajstić information content (AvgIpc) is 2.99. The number of allylic oxidation sites excluding steroid dienone is 1. The summed E-state index contributed by atoms with van der Waals surface area (Å²) in [4.78, 5) is 13.6. The average molecular weight is 252 g/mol. The van der Waals surface area contributed by atoms with E-state index in [4.69, 9.17) is 0 Å². The van der Waals surface area contributed by atoms with Crippen molar-refractivity contribution in [3.8, 4) is 0 Å². The predicted octanol–water partition coefficient (Wildman–Crippen LogP) is 1.53. The van der Waals surface area contributed by atoms with Crippen LogP contribution < -0.4 is 0 Å². The molecule has 1 aliphatic rings. The topological polar surface area (TPSA) is 51.0 Å². The van der Waals surface area contributed by atoms with E-state index in [1.807, 2.05) is 0 Å². The van der Waals surface area contributed by atoms with Crippen LogP contribution in [0.4, 0.5) is 4.39 Å². The van der Waals surface area contributed by atoms with Gasteiger partial charge in [0.05, 0.1) is 18.8 Å². The molecule has 1 aromatic heterocycles. The molecule has 0 spiro atoms. The maximum atomic E-state index is 13.7. The van der Waals surface area contributed by atoms with Crippen LogP contribution in [-0.4, -0.2) is 38.4 Å². The molecule has 0 radical (unpaired) electrons. The van der Waals surface area contributed by atoms with Crippen molar-refractivity contribution in [3.63, 3.8) is 0 Å². The molecule has 98 valence electrons. The molecule has 5 nitrogen and oxygen atoms in total. The van der Waals surface area contributed by atoms with Gasteiger partial charge in [-0.2, -0.15) is 0 Å². The van der Waals surface area contributed by atoms with Crippen molar-refractivity contribution in [2.24, 2.45) is 0 Å². The van der Waals surface area contributed by atoms with Crippen LogP contribution >= 0.6 is 0 Å². The third-order valence-electron chi connectivity index (χ3n) is 3.13. The zero-order chi connectivity index (χ0) is 13.1. The molecule has 1 atom stereocenters. The number of amides is 1. The SMILES string of the molecule is CC(C)=C(F)C(=O)N1CCC[C@H]1Cn1ccnn1. The first-order valence-corrected chi connectivity index (χ1v) is 6.07. The molecule has 1 fully saturated rings. The molecule has 2 rings (SSSR count). The maximum Gasteiger partial charge on any atom is 0.282 e. The summed E-state index contributed by atoms with van der Waals surface area (Å²) in [6.45, 7) is 4.39. The van der Waals surface area contributed by atoms with Gasteiger partial charge in [0.25, 0.3) is 5.91 Å². The Morgan fingerprint density at radius 1 is 1.50 bits per heavy atom. The number of hydrogen-bond donors (Lipinski definition) is 0. The molecule has 1 aromatic rings. The predicted molar refractivity (Wildman–Crippen MR) is 64.2 cm³/mol. The van der Waals surface area contributed by atoms with E-state index in [1.54, 1.807) is 35.8 Å². The van der Waals surface area contributed by atoms with E-state index in [1.165, 1.54) is 0 Å².